The number of carbonyl (C=O) groups excluding carboxylic acids is 1. The number of amides is 1. The van der Waals surface area contributed by atoms with Gasteiger partial charge in [-0.3, -0.25) is 4.90 Å². The molecule has 9 heteroatoms. The molecule has 1 aliphatic rings. The normalized spacial score (nSPS) is 13.6. The number of aromatic nitrogens is 2. The van der Waals surface area contributed by atoms with Gasteiger partial charge in [0.1, 0.15) is 17.6 Å². The Morgan fingerprint density at radius 2 is 1.85 bits per heavy atom. The number of aryl methyl sites for hydroxylation is 2. The molecule has 1 aromatic carbocycles. The molecule has 0 bridgehead atoms. The van der Waals surface area contributed by atoms with Crippen LogP contribution in [0.3, 0.4) is 0 Å². The topological polar surface area (TPSA) is 105 Å². The van der Waals surface area contributed by atoms with Gasteiger partial charge in [0.25, 0.3) is 0 Å². The highest BCUT2D eigenvalue weighted by molar-refractivity contribution is 6.29. The van der Waals surface area contributed by atoms with Crippen molar-refractivity contribution in [3.05, 3.63) is 82.3 Å². The predicted molar refractivity (Wildman–Crippen MR) is 127 cm³/mol. The maximum atomic E-state index is 11.8. The summed E-state index contributed by atoms with van der Waals surface area (Å²) in [5.41, 5.74) is 3.07. The molecule has 172 valence electrons. The van der Waals surface area contributed by atoms with Crippen LogP contribution in [0, 0.1) is 13.8 Å². The highest BCUT2D eigenvalue weighted by Crippen LogP contribution is 2.26. The molecule has 33 heavy (non-hydrogen) atoms. The fraction of sp³-hybridized carbons (Fsp3) is 0.250. The Morgan fingerprint density at radius 3 is 2.42 bits per heavy atom. The number of halogens is 1. The van der Waals surface area contributed by atoms with Crippen LogP contribution in [0.2, 0.25) is 5.15 Å². The van der Waals surface area contributed by atoms with E-state index in [9.17, 15) is 14.7 Å². The summed E-state index contributed by atoms with van der Waals surface area (Å²) < 4.78 is 4.95. The molecule has 2 N–H and O–H groups in total. The number of pyridine rings is 2. The van der Waals surface area contributed by atoms with Gasteiger partial charge in [0, 0.05) is 0 Å². The average molecular weight is 469 g/mol. The van der Waals surface area contributed by atoms with Crippen LogP contribution in [-0.4, -0.2) is 40.3 Å². The lowest BCUT2D eigenvalue weighted by molar-refractivity contribution is 0.0691. The van der Waals surface area contributed by atoms with Gasteiger partial charge in [0.05, 0.1) is 24.0 Å². The van der Waals surface area contributed by atoms with Crippen molar-refractivity contribution in [3.63, 3.8) is 0 Å². The Balaban J connectivity index is 0.000000374. The first-order valence-electron chi connectivity index (χ1n) is 10.4. The maximum absolute atomic E-state index is 11.8. The van der Waals surface area contributed by atoms with Crippen molar-refractivity contribution in [1.29, 1.82) is 0 Å². The van der Waals surface area contributed by atoms with Crippen molar-refractivity contribution < 1.29 is 19.4 Å². The van der Waals surface area contributed by atoms with Gasteiger partial charge >= 0.3 is 12.1 Å². The molecule has 3 aromatic rings. The number of carboxylic acids is 1. The van der Waals surface area contributed by atoms with Gasteiger partial charge in [0.15, 0.2) is 5.69 Å². The van der Waals surface area contributed by atoms with E-state index < -0.39 is 12.1 Å². The zero-order valence-electron chi connectivity index (χ0n) is 18.6. The second-order valence-corrected chi connectivity index (χ2v) is 7.94. The summed E-state index contributed by atoms with van der Waals surface area (Å²) in [5.74, 6) is -0.677. The monoisotopic (exact) mass is 468 g/mol. The summed E-state index contributed by atoms with van der Waals surface area (Å²) >= 11 is 5.78. The molecular weight excluding hydrogens is 444 g/mol. The number of hydrogen-bond acceptors (Lipinski definition) is 6. The standard InChI is InChI=1S/C17H17ClN4O4.C7H8/c1-9-7-12(20-14(8-9)22-5-6-26-17(22)25)10(2)19-11-3-4-13(18)21-15(11)16(23)24;1-7-5-3-2-4-6-7/h3-4,7-8,10,19H,5-6H2,1-2H3,(H,23,24);2-6H,1H3. The molecule has 4 rings (SSSR count). The first-order valence-corrected chi connectivity index (χ1v) is 10.7. The Morgan fingerprint density at radius 1 is 1.12 bits per heavy atom. The average Bonchev–Trinajstić information content (AvgIpc) is 3.21. The number of nitrogens with one attached hydrogen (secondary N) is 1. The van der Waals surface area contributed by atoms with Crippen LogP contribution in [0.25, 0.3) is 0 Å². The van der Waals surface area contributed by atoms with E-state index in [-0.39, 0.29) is 16.9 Å². The maximum Gasteiger partial charge on any atom is 0.415 e. The van der Waals surface area contributed by atoms with E-state index in [0.29, 0.717) is 30.4 Å². The van der Waals surface area contributed by atoms with Crippen LogP contribution >= 0.6 is 11.6 Å². The largest absolute Gasteiger partial charge is 0.476 e. The van der Waals surface area contributed by atoms with Crippen LogP contribution in [-0.2, 0) is 4.74 Å². The first-order chi connectivity index (χ1) is 15.7. The number of cyclic esters (lactones) is 1. The summed E-state index contributed by atoms with van der Waals surface area (Å²) in [4.78, 5) is 33.0. The van der Waals surface area contributed by atoms with Crippen molar-refractivity contribution in [1.82, 2.24) is 9.97 Å². The molecular formula is C24H25ClN4O4. The Labute approximate surface area is 197 Å². The molecule has 1 saturated heterocycles. The van der Waals surface area contributed by atoms with E-state index in [1.165, 1.54) is 16.5 Å². The van der Waals surface area contributed by atoms with Gasteiger partial charge in [-0.1, -0.05) is 47.5 Å². The van der Waals surface area contributed by atoms with Crippen molar-refractivity contribution in [3.8, 4) is 0 Å². The van der Waals surface area contributed by atoms with Crippen molar-refractivity contribution in [2.45, 2.75) is 26.8 Å². The molecule has 0 aliphatic carbocycles. The molecule has 1 fully saturated rings. The molecule has 3 heterocycles. The molecule has 0 radical (unpaired) electrons. The number of hydrogen-bond donors (Lipinski definition) is 2. The zero-order chi connectivity index (χ0) is 24.0. The third kappa shape index (κ3) is 6.43. The minimum absolute atomic E-state index is 0.101. The van der Waals surface area contributed by atoms with Crippen LogP contribution in [0.5, 0.6) is 0 Å². The second-order valence-electron chi connectivity index (χ2n) is 7.55. The van der Waals surface area contributed by atoms with E-state index >= 15 is 0 Å². The van der Waals surface area contributed by atoms with Gasteiger partial charge in [-0.15, -0.1) is 0 Å². The van der Waals surface area contributed by atoms with E-state index in [1.807, 2.05) is 38.1 Å². The summed E-state index contributed by atoms with van der Waals surface area (Å²) in [6.07, 6.45) is -0.426. The first kappa shape index (κ1) is 24.0. The lowest BCUT2D eigenvalue weighted by atomic mass is 10.1. The van der Waals surface area contributed by atoms with Crippen LogP contribution < -0.4 is 10.2 Å². The summed E-state index contributed by atoms with van der Waals surface area (Å²) in [5, 5.41) is 12.5. The molecule has 0 saturated carbocycles. The molecule has 2 aromatic heterocycles. The van der Waals surface area contributed by atoms with E-state index in [1.54, 1.807) is 12.1 Å². The second kappa shape index (κ2) is 10.8. The SMILES string of the molecule is Cc1cc(C(C)Nc2ccc(Cl)nc2C(=O)O)nc(N2CCOC2=O)c1.Cc1ccccc1. The molecule has 1 atom stereocenters. The summed E-state index contributed by atoms with van der Waals surface area (Å²) in [7, 11) is 0. The van der Waals surface area contributed by atoms with Crippen molar-refractivity contribution >= 4 is 35.2 Å². The highest BCUT2D eigenvalue weighted by atomic mass is 35.5. The lowest BCUT2D eigenvalue weighted by Crippen LogP contribution is -2.25. The van der Waals surface area contributed by atoms with Gasteiger partial charge in [-0.25, -0.2) is 19.6 Å². The minimum atomic E-state index is -1.18. The number of ether oxygens (including phenoxy) is 1. The molecule has 1 unspecified atom stereocenters. The molecule has 1 aliphatic heterocycles. The van der Waals surface area contributed by atoms with Gasteiger partial charge < -0.3 is 15.2 Å². The Kier molecular flexibility index (Phi) is 7.84. The van der Waals surface area contributed by atoms with Gasteiger partial charge in [0.2, 0.25) is 0 Å². The number of aromatic carboxylic acids is 1. The quantitative estimate of drug-likeness (QED) is 0.492. The predicted octanol–water partition coefficient (Wildman–Crippen LogP) is 5.26. The third-order valence-electron chi connectivity index (χ3n) is 4.83. The van der Waals surface area contributed by atoms with Crippen LogP contribution in [0.15, 0.2) is 54.6 Å². The molecule has 0 spiro atoms. The lowest BCUT2D eigenvalue weighted by Gasteiger charge is -2.19. The van der Waals surface area contributed by atoms with Crippen LogP contribution in [0.1, 0.15) is 40.3 Å². The molecule has 1 amide bonds. The smallest absolute Gasteiger partial charge is 0.415 e. The van der Waals surface area contributed by atoms with Gasteiger partial charge in [-0.05, 0) is 50.6 Å². The van der Waals surface area contributed by atoms with E-state index in [2.05, 4.69) is 34.3 Å². The van der Waals surface area contributed by atoms with E-state index in [0.717, 1.165) is 5.56 Å². The number of benzene rings is 1. The number of carboxylic acid groups (broad SMARTS) is 1. The number of nitrogens with zero attached hydrogens (tertiary/aromatic N) is 3. The third-order valence-corrected chi connectivity index (χ3v) is 5.04. The minimum Gasteiger partial charge on any atom is -0.476 e. The van der Waals surface area contributed by atoms with Crippen molar-refractivity contribution in [2.75, 3.05) is 23.4 Å². The number of carbonyl (C=O) groups is 2. The fourth-order valence-corrected chi connectivity index (χ4v) is 3.34. The fourth-order valence-electron chi connectivity index (χ4n) is 3.19. The summed E-state index contributed by atoms with van der Waals surface area (Å²) in [6.45, 7) is 6.60. The van der Waals surface area contributed by atoms with E-state index in [4.69, 9.17) is 16.3 Å². The summed E-state index contributed by atoms with van der Waals surface area (Å²) in [6, 6.07) is 16.7. The number of anilines is 2. The van der Waals surface area contributed by atoms with Gasteiger partial charge in [-0.2, -0.15) is 0 Å². The number of rotatable bonds is 5. The Hall–Kier alpha value is -3.65. The molecule has 8 nitrogen and oxygen atoms in total. The van der Waals surface area contributed by atoms with Crippen molar-refractivity contribution in [2.24, 2.45) is 0 Å². The Bertz CT molecular complexity index is 1140. The highest BCUT2D eigenvalue weighted by Gasteiger charge is 2.26. The zero-order valence-corrected chi connectivity index (χ0v) is 19.3. The van der Waals surface area contributed by atoms with Crippen LogP contribution in [0.4, 0.5) is 16.3 Å².